The third kappa shape index (κ3) is 3.65. The third-order valence-corrected chi connectivity index (χ3v) is 5.95. The van der Waals surface area contributed by atoms with Crippen molar-refractivity contribution >= 4 is 33.2 Å². The Hall–Kier alpha value is -0.330. The van der Waals surface area contributed by atoms with Crippen LogP contribution in [0, 0.1) is 0 Å². The molecule has 0 spiro atoms. The van der Waals surface area contributed by atoms with E-state index in [1.54, 1.807) is 6.07 Å². The number of nitrogens with zero attached hydrogens (tertiary/aromatic N) is 1. The molecule has 1 fully saturated rings. The smallest absolute Gasteiger partial charge is 0.243 e. The summed E-state index contributed by atoms with van der Waals surface area (Å²) in [4.78, 5) is 2.14. The van der Waals surface area contributed by atoms with E-state index in [1.807, 2.05) is 14.0 Å². The second kappa shape index (κ2) is 6.20. The molecule has 0 amide bonds. The van der Waals surface area contributed by atoms with Gasteiger partial charge in [-0.05, 0) is 38.9 Å². The van der Waals surface area contributed by atoms with E-state index < -0.39 is 10.0 Å². The first-order chi connectivity index (χ1) is 9.33. The van der Waals surface area contributed by atoms with Crippen molar-refractivity contribution in [3.05, 3.63) is 28.2 Å². The predicted molar refractivity (Wildman–Crippen MR) is 81.9 cm³/mol. The minimum Gasteiger partial charge on any atom is -0.299 e. The molecule has 1 aromatic rings. The SMILES string of the molecule is CC(CNS(=O)(=O)c1c(Cl)cccc1Cl)N(C)C1CC1. The molecule has 0 saturated heterocycles. The summed E-state index contributed by atoms with van der Waals surface area (Å²) in [5, 5.41) is 0.265. The zero-order valence-corrected chi connectivity index (χ0v) is 13.8. The van der Waals surface area contributed by atoms with Crippen LogP contribution in [0.15, 0.2) is 23.1 Å². The average Bonchev–Trinajstić information content (AvgIpc) is 3.19. The van der Waals surface area contributed by atoms with Crippen molar-refractivity contribution in [3.63, 3.8) is 0 Å². The molecule has 4 nitrogen and oxygen atoms in total. The largest absolute Gasteiger partial charge is 0.299 e. The number of rotatable bonds is 6. The lowest BCUT2D eigenvalue weighted by Gasteiger charge is -2.24. The van der Waals surface area contributed by atoms with Gasteiger partial charge in [-0.15, -0.1) is 0 Å². The maximum absolute atomic E-state index is 12.3. The molecule has 0 radical (unpaired) electrons. The first-order valence-corrected chi connectivity index (χ1v) is 8.72. The molecule has 7 heteroatoms. The molecular weight excluding hydrogens is 319 g/mol. The molecule has 2 rings (SSSR count). The van der Waals surface area contributed by atoms with Crippen LogP contribution in [-0.2, 0) is 10.0 Å². The molecule has 1 N–H and O–H groups in total. The Kier molecular flexibility index (Phi) is 4.97. The van der Waals surface area contributed by atoms with Crippen LogP contribution in [-0.4, -0.2) is 39.0 Å². The molecule has 1 saturated carbocycles. The molecule has 1 unspecified atom stereocenters. The Bertz CT molecular complexity index is 568. The van der Waals surface area contributed by atoms with E-state index in [4.69, 9.17) is 23.2 Å². The number of benzene rings is 1. The maximum atomic E-state index is 12.3. The van der Waals surface area contributed by atoms with Gasteiger partial charge in [-0.25, -0.2) is 13.1 Å². The molecule has 1 aliphatic rings. The van der Waals surface area contributed by atoms with E-state index in [-0.39, 0.29) is 21.0 Å². The highest BCUT2D eigenvalue weighted by molar-refractivity contribution is 7.89. The number of likely N-dealkylation sites (N-methyl/N-ethyl adjacent to an activating group) is 1. The van der Waals surface area contributed by atoms with Crippen molar-refractivity contribution in [2.45, 2.75) is 36.7 Å². The van der Waals surface area contributed by atoms with Gasteiger partial charge < -0.3 is 0 Å². The van der Waals surface area contributed by atoms with Crippen LogP contribution >= 0.6 is 23.2 Å². The molecule has 0 heterocycles. The van der Waals surface area contributed by atoms with Gasteiger partial charge in [0, 0.05) is 18.6 Å². The van der Waals surface area contributed by atoms with Crippen LogP contribution in [0.5, 0.6) is 0 Å². The van der Waals surface area contributed by atoms with Gasteiger partial charge >= 0.3 is 0 Å². The first-order valence-electron chi connectivity index (χ1n) is 6.48. The first kappa shape index (κ1) is 16.0. The summed E-state index contributed by atoms with van der Waals surface area (Å²) in [5.74, 6) is 0. The van der Waals surface area contributed by atoms with Crippen molar-refractivity contribution in [3.8, 4) is 0 Å². The Labute approximate surface area is 130 Å². The molecule has 1 aliphatic carbocycles. The second-order valence-corrected chi connectivity index (χ2v) is 7.67. The van der Waals surface area contributed by atoms with Crippen LogP contribution in [0.3, 0.4) is 0 Å². The Morgan fingerprint density at radius 1 is 1.35 bits per heavy atom. The molecule has 0 bridgehead atoms. The summed E-state index contributed by atoms with van der Waals surface area (Å²) < 4.78 is 27.2. The van der Waals surface area contributed by atoms with Crippen LogP contribution in [0.4, 0.5) is 0 Å². The number of sulfonamides is 1. The molecule has 1 atom stereocenters. The number of hydrogen-bond acceptors (Lipinski definition) is 3. The predicted octanol–water partition coefficient (Wildman–Crippen LogP) is 2.75. The van der Waals surface area contributed by atoms with E-state index in [0.717, 1.165) is 0 Å². The fourth-order valence-electron chi connectivity index (χ4n) is 2.03. The molecule has 1 aromatic carbocycles. The third-order valence-electron chi connectivity index (χ3n) is 3.57. The highest BCUT2D eigenvalue weighted by Crippen LogP contribution is 2.29. The van der Waals surface area contributed by atoms with E-state index in [2.05, 4.69) is 9.62 Å². The Morgan fingerprint density at radius 2 is 1.90 bits per heavy atom. The fourth-order valence-corrected chi connectivity index (χ4v) is 4.29. The Balaban J connectivity index is 2.07. The van der Waals surface area contributed by atoms with Crippen molar-refractivity contribution < 1.29 is 8.42 Å². The molecule has 0 aromatic heterocycles. The van der Waals surface area contributed by atoms with Crippen molar-refractivity contribution in [1.82, 2.24) is 9.62 Å². The van der Waals surface area contributed by atoms with E-state index in [9.17, 15) is 8.42 Å². The van der Waals surface area contributed by atoms with Gasteiger partial charge in [0.25, 0.3) is 0 Å². The number of halogens is 2. The maximum Gasteiger partial charge on any atom is 0.243 e. The quantitative estimate of drug-likeness (QED) is 0.868. The van der Waals surface area contributed by atoms with Crippen LogP contribution in [0.2, 0.25) is 10.0 Å². The van der Waals surface area contributed by atoms with Crippen LogP contribution < -0.4 is 4.72 Å². The lowest BCUT2D eigenvalue weighted by atomic mass is 10.3. The molecule has 20 heavy (non-hydrogen) atoms. The highest BCUT2D eigenvalue weighted by atomic mass is 35.5. The monoisotopic (exact) mass is 336 g/mol. The zero-order valence-electron chi connectivity index (χ0n) is 11.4. The number of nitrogens with one attached hydrogen (secondary N) is 1. The van der Waals surface area contributed by atoms with Gasteiger partial charge in [-0.1, -0.05) is 29.3 Å². The summed E-state index contributed by atoms with van der Waals surface area (Å²) in [5.41, 5.74) is 0. The Morgan fingerprint density at radius 3 is 2.40 bits per heavy atom. The molecular formula is C13H18Cl2N2O2S. The van der Waals surface area contributed by atoms with Gasteiger partial charge in [-0.3, -0.25) is 4.90 Å². The van der Waals surface area contributed by atoms with Crippen molar-refractivity contribution in [2.75, 3.05) is 13.6 Å². The summed E-state index contributed by atoms with van der Waals surface area (Å²) >= 11 is 11.9. The van der Waals surface area contributed by atoms with E-state index in [1.165, 1.54) is 25.0 Å². The van der Waals surface area contributed by atoms with Gasteiger partial charge in [0.1, 0.15) is 4.90 Å². The van der Waals surface area contributed by atoms with Crippen LogP contribution in [0.1, 0.15) is 19.8 Å². The van der Waals surface area contributed by atoms with Gasteiger partial charge in [0.2, 0.25) is 10.0 Å². The molecule has 0 aliphatic heterocycles. The van der Waals surface area contributed by atoms with E-state index in [0.29, 0.717) is 12.6 Å². The standard InChI is InChI=1S/C13H18Cl2N2O2S/c1-9(17(2)10-6-7-10)8-16-20(18,19)13-11(14)4-3-5-12(13)15/h3-5,9-10,16H,6-8H2,1-2H3. The lowest BCUT2D eigenvalue weighted by Crippen LogP contribution is -2.41. The van der Waals surface area contributed by atoms with Crippen molar-refractivity contribution in [2.24, 2.45) is 0 Å². The van der Waals surface area contributed by atoms with Crippen molar-refractivity contribution in [1.29, 1.82) is 0 Å². The normalized spacial score (nSPS) is 17.4. The topological polar surface area (TPSA) is 49.4 Å². The average molecular weight is 337 g/mol. The lowest BCUT2D eigenvalue weighted by molar-refractivity contribution is 0.248. The summed E-state index contributed by atoms with van der Waals surface area (Å²) in [6, 6.07) is 5.35. The highest BCUT2D eigenvalue weighted by Gasteiger charge is 2.30. The second-order valence-electron chi connectivity index (χ2n) is 5.15. The zero-order chi connectivity index (χ0) is 14.9. The van der Waals surface area contributed by atoms with Gasteiger partial charge in [0.05, 0.1) is 10.0 Å². The fraction of sp³-hybridized carbons (Fsp3) is 0.538. The minimum absolute atomic E-state index is 0.0513. The summed E-state index contributed by atoms with van der Waals surface area (Å²) in [7, 11) is -1.68. The van der Waals surface area contributed by atoms with Gasteiger partial charge in [0.15, 0.2) is 0 Å². The van der Waals surface area contributed by atoms with E-state index >= 15 is 0 Å². The summed E-state index contributed by atoms with van der Waals surface area (Å²) in [6.45, 7) is 2.33. The molecule has 112 valence electrons. The minimum atomic E-state index is -3.70. The van der Waals surface area contributed by atoms with Gasteiger partial charge in [-0.2, -0.15) is 0 Å². The number of hydrogen-bond donors (Lipinski definition) is 1. The van der Waals surface area contributed by atoms with Crippen LogP contribution in [0.25, 0.3) is 0 Å². The summed E-state index contributed by atoms with van der Waals surface area (Å²) in [6.07, 6.45) is 2.37.